The highest BCUT2D eigenvalue weighted by molar-refractivity contribution is 5.48. The molecule has 1 heterocycles. The second kappa shape index (κ2) is 8.58. The summed E-state index contributed by atoms with van der Waals surface area (Å²) in [6.07, 6.45) is 0. The number of ether oxygens (including phenoxy) is 2. The lowest BCUT2D eigenvalue weighted by atomic mass is 9.67. The highest BCUT2D eigenvalue weighted by Crippen LogP contribution is 2.56. The largest absolute Gasteiger partial charge is 0.375 e. The fourth-order valence-corrected chi connectivity index (χ4v) is 4.90. The van der Waals surface area contributed by atoms with E-state index in [1.54, 1.807) is 0 Å². The van der Waals surface area contributed by atoms with Gasteiger partial charge in [0.2, 0.25) is 5.79 Å². The number of hydrogen-bond donors (Lipinski definition) is 2. The van der Waals surface area contributed by atoms with Gasteiger partial charge in [0.1, 0.15) is 0 Å². The summed E-state index contributed by atoms with van der Waals surface area (Å²) in [5.74, 6) is -1.87. The standard InChI is InChI=1S/C29H26O4/c30-27(23-13-5-1-6-14-23,24-15-7-2-8-16-24)29(32-21-22-33-29)28(31,25-17-9-3-10-18-25)26-19-11-4-12-20-26/h1-20,30-31H,21-22H2. The molecule has 0 unspecified atom stereocenters. The maximum Gasteiger partial charge on any atom is 0.245 e. The van der Waals surface area contributed by atoms with Gasteiger partial charge in [-0.25, -0.2) is 0 Å². The van der Waals surface area contributed by atoms with E-state index in [9.17, 15) is 10.2 Å². The minimum absolute atomic E-state index is 0.226. The van der Waals surface area contributed by atoms with Crippen LogP contribution < -0.4 is 0 Å². The van der Waals surface area contributed by atoms with Crippen LogP contribution in [0.15, 0.2) is 121 Å². The third-order valence-corrected chi connectivity index (χ3v) is 6.41. The molecule has 0 bridgehead atoms. The molecular formula is C29H26O4. The summed E-state index contributed by atoms with van der Waals surface area (Å²) in [5, 5.41) is 25.5. The highest BCUT2D eigenvalue weighted by Gasteiger charge is 2.69. The number of hydrogen-bond acceptors (Lipinski definition) is 4. The zero-order valence-corrected chi connectivity index (χ0v) is 18.2. The van der Waals surface area contributed by atoms with Gasteiger partial charge in [-0.3, -0.25) is 0 Å². The molecule has 0 radical (unpaired) electrons. The van der Waals surface area contributed by atoms with Crippen LogP contribution in [0.4, 0.5) is 0 Å². The van der Waals surface area contributed by atoms with Gasteiger partial charge >= 0.3 is 0 Å². The highest BCUT2D eigenvalue weighted by atomic mass is 16.8. The van der Waals surface area contributed by atoms with E-state index < -0.39 is 17.0 Å². The van der Waals surface area contributed by atoms with Gasteiger partial charge in [-0.15, -0.1) is 0 Å². The molecule has 1 aliphatic rings. The van der Waals surface area contributed by atoms with Crippen molar-refractivity contribution in [1.82, 2.24) is 0 Å². The molecule has 4 aromatic rings. The monoisotopic (exact) mass is 438 g/mol. The Kier molecular flexibility index (Phi) is 5.60. The van der Waals surface area contributed by atoms with Crippen molar-refractivity contribution in [1.29, 1.82) is 0 Å². The summed E-state index contributed by atoms with van der Waals surface area (Å²) in [4.78, 5) is 0. The first kappa shape index (κ1) is 21.6. The van der Waals surface area contributed by atoms with Crippen LogP contribution in [-0.2, 0) is 20.7 Å². The first-order chi connectivity index (χ1) is 16.1. The predicted octanol–water partition coefficient (Wildman–Crippen LogP) is 4.60. The van der Waals surface area contributed by atoms with Gasteiger partial charge in [0.15, 0.2) is 11.2 Å². The maximum absolute atomic E-state index is 12.8. The normalized spacial score (nSPS) is 15.9. The third kappa shape index (κ3) is 3.23. The SMILES string of the molecule is OC(c1ccccc1)(c1ccccc1)C1(C(O)(c2ccccc2)c2ccccc2)OCCO1. The molecule has 1 saturated heterocycles. The minimum atomic E-state index is -1.87. The van der Waals surface area contributed by atoms with Crippen molar-refractivity contribution in [3.05, 3.63) is 144 Å². The summed E-state index contributed by atoms with van der Waals surface area (Å²) >= 11 is 0. The molecule has 0 amide bonds. The summed E-state index contributed by atoms with van der Waals surface area (Å²) in [6.45, 7) is 0.452. The van der Waals surface area contributed by atoms with Gasteiger partial charge in [-0.05, 0) is 22.3 Å². The average molecular weight is 439 g/mol. The van der Waals surface area contributed by atoms with Crippen molar-refractivity contribution < 1.29 is 19.7 Å². The molecular weight excluding hydrogens is 412 g/mol. The van der Waals surface area contributed by atoms with Crippen molar-refractivity contribution in [3.63, 3.8) is 0 Å². The molecule has 4 nitrogen and oxygen atoms in total. The Bertz CT molecular complexity index is 1000. The molecule has 4 aromatic carbocycles. The van der Waals surface area contributed by atoms with Gasteiger partial charge in [0, 0.05) is 0 Å². The zero-order valence-electron chi connectivity index (χ0n) is 18.2. The molecule has 0 saturated carbocycles. The number of aliphatic hydroxyl groups is 2. The number of rotatable bonds is 6. The van der Waals surface area contributed by atoms with E-state index in [1.807, 2.05) is 121 Å². The van der Waals surface area contributed by atoms with Crippen molar-refractivity contribution in [3.8, 4) is 0 Å². The predicted molar refractivity (Wildman–Crippen MR) is 126 cm³/mol. The molecule has 4 heteroatoms. The van der Waals surface area contributed by atoms with E-state index >= 15 is 0 Å². The summed E-state index contributed by atoms with van der Waals surface area (Å²) in [5.41, 5.74) is -1.45. The molecule has 0 spiro atoms. The van der Waals surface area contributed by atoms with Gasteiger partial charge in [0.05, 0.1) is 13.2 Å². The lowest BCUT2D eigenvalue weighted by molar-refractivity contribution is -0.333. The molecule has 0 atom stereocenters. The van der Waals surface area contributed by atoms with Crippen LogP contribution in [0, 0.1) is 0 Å². The molecule has 166 valence electrons. The number of benzene rings is 4. The Morgan fingerprint density at radius 3 is 0.939 bits per heavy atom. The lowest BCUT2D eigenvalue weighted by Gasteiger charge is -2.52. The van der Waals surface area contributed by atoms with Crippen LogP contribution in [0.1, 0.15) is 22.3 Å². The van der Waals surface area contributed by atoms with Gasteiger partial charge in [-0.2, -0.15) is 0 Å². The van der Waals surface area contributed by atoms with Crippen LogP contribution >= 0.6 is 0 Å². The van der Waals surface area contributed by atoms with Crippen molar-refractivity contribution in [2.24, 2.45) is 0 Å². The van der Waals surface area contributed by atoms with Gasteiger partial charge < -0.3 is 19.7 Å². The van der Waals surface area contributed by atoms with E-state index in [0.29, 0.717) is 22.3 Å². The van der Waals surface area contributed by atoms with Crippen LogP contribution in [0.2, 0.25) is 0 Å². The van der Waals surface area contributed by atoms with E-state index in [2.05, 4.69) is 0 Å². The summed E-state index contributed by atoms with van der Waals surface area (Å²) in [6, 6.07) is 37.0. The average Bonchev–Trinajstić information content (AvgIpc) is 3.42. The topological polar surface area (TPSA) is 58.9 Å². The third-order valence-electron chi connectivity index (χ3n) is 6.41. The van der Waals surface area contributed by atoms with E-state index in [0.717, 1.165) is 0 Å². The fraction of sp³-hybridized carbons (Fsp3) is 0.172. The van der Waals surface area contributed by atoms with E-state index in [4.69, 9.17) is 9.47 Å². The van der Waals surface area contributed by atoms with Gasteiger partial charge in [0.25, 0.3) is 0 Å². The van der Waals surface area contributed by atoms with E-state index in [-0.39, 0.29) is 13.2 Å². The van der Waals surface area contributed by atoms with Crippen molar-refractivity contribution >= 4 is 0 Å². The van der Waals surface area contributed by atoms with Crippen LogP contribution in [-0.4, -0.2) is 29.2 Å². The molecule has 0 aromatic heterocycles. The smallest absolute Gasteiger partial charge is 0.245 e. The lowest BCUT2D eigenvalue weighted by Crippen LogP contribution is -2.66. The molecule has 1 aliphatic heterocycles. The van der Waals surface area contributed by atoms with E-state index in [1.165, 1.54) is 0 Å². The van der Waals surface area contributed by atoms with Crippen molar-refractivity contribution in [2.75, 3.05) is 13.2 Å². The Hall–Kier alpha value is -3.28. The molecule has 1 fully saturated rings. The second-order valence-corrected chi connectivity index (χ2v) is 8.20. The fourth-order valence-electron chi connectivity index (χ4n) is 4.90. The Labute approximate surface area is 193 Å². The maximum atomic E-state index is 12.8. The minimum Gasteiger partial charge on any atom is -0.375 e. The first-order valence-electron chi connectivity index (χ1n) is 11.1. The quantitative estimate of drug-likeness (QED) is 0.462. The van der Waals surface area contributed by atoms with Gasteiger partial charge in [-0.1, -0.05) is 121 Å². The molecule has 2 N–H and O–H groups in total. The Morgan fingerprint density at radius 1 is 0.455 bits per heavy atom. The zero-order chi connectivity index (χ0) is 22.8. The molecule has 0 aliphatic carbocycles. The first-order valence-corrected chi connectivity index (χ1v) is 11.1. The Balaban J connectivity index is 1.88. The summed E-state index contributed by atoms with van der Waals surface area (Å²) in [7, 11) is 0. The molecule has 33 heavy (non-hydrogen) atoms. The second-order valence-electron chi connectivity index (χ2n) is 8.20. The molecule has 5 rings (SSSR count). The van der Waals surface area contributed by atoms with Crippen molar-refractivity contribution in [2.45, 2.75) is 17.0 Å². The van der Waals surface area contributed by atoms with Crippen LogP contribution in [0.3, 0.4) is 0 Å². The Morgan fingerprint density at radius 2 is 0.697 bits per heavy atom. The summed E-state index contributed by atoms with van der Waals surface area (Å²) < 4.78 is 12.7. The van der Waals surface area contributed by atoms with Crippen LogP contribution in [0.5, 0.6) is 0 Å². The van der Waals surface area contributed by atoms with Crippen LogP contribution in [0.25, 0.3) is 0 Å².